The van der Waals surface area contributed by atoms with Gasteiger partial charge in [0.2, 0.25) is 0 Å². The highest BCUT2D eigenvalue weighted by Gasteiger charge is 2.30. The number of hydrogen-bond acceptors (Lipinski definition) is 4. The Morgan fingerprint density at radius 1 is 1.24 bits per heavy atom. The van der Waals surface area contributed by atoms with Crippen molar-refractivity contribution in [3.05, 3.63) is 29.8 Å². The number of benzene rings is 1. The average molecular weight is 310 g/mol. The molecule has 0 N–H and O–H groups in total. The van der Waals surface area contributed by atoms with Crippen molar-refractivity contribution in [3.8, 4) is 5.75 Å². The van der Waals surface area contributed by atoms with Gasteiger partial charge in [0.15, 0.2) is 0 Å². The van der Waals surface area contributed by atoms with Crippen molar-refractivity contribution < 1.29 is 18.3 Å². The summed E-state index contributed by atoms with van der Waals surface area (Å²) in [5.74, 6) is 1.30. The summed E-state index contributed by atoms with van der Waals surface area (Å²) in [6, 6.07) is 5.51. The number of ether oxygens (including phenoxy) is 1. The molecule has 1 fully saturated rings. The first-order valence-corrected chi connectivity index (χ1v) is 8.93. The Bertz CT molecular complexity index is 539. The first-order chi connectivity index (χ1) is 10.1. The molecule has 1 saturated carbocycles. The fraction of sp³-hybridized carbons (Fsp3) is 0.500. The summed E-state index contributed by atoms with van der Waals surface area (Å²) in [7, 11) is -1.73. The lowest BCUT2D eigenvalue weighted by Gasteiger charge is -2.19. The van der Waals surface area contributed by atoms with E-state index in [2.05, 4.69) is 6.08 Å². The fourth-order valence-corrected chi connectivity index (χ4v) is 3.86. The second kappa shape index (κ2) is 7.26. The Labute approximate surface area is 126 Å². The monoisotopic (exact) mass is 310 g/mol. The van der Waals surface area contributed by atoms with Crippen LogP contribution < -0.4 is 10.0 Å². The fourth-order valence-electron chi connectivity index (χ4n) is 2.07. The van der Waals surface area contributed by atoms with Crippen molar-refractivity contribution in [1.82, 2.24) is 0 Å². The normalized spacial score (nSPS) is 15.6. The second-order valence-electron chi connectivity index (χ2n) is 4.95. The van der Waals surface area contributed by atoms with E-state index in [1.165, 1.54) is 12.8 Å². The van der Waals surface area contributed by atoms with Crippen molar-refractivity contribution in [2.75, 3.05) is 20.3 Å². The summed E-state index contributed by atoms with van der Waals surface area (Å²) in [4.78, 5) is 0. The Morgan fingerprint density at radius 2 is 1.90 bits per heavy atom. The highest BCUT2D eigenvalue weighted by Crippen LogP contribution is 2.48. The lowest BCUT2D eigenvalue weighted by molar-refractivity contribution is 0.230. The molecule has 0 bridgehead atoms. The summed E-state index contributed by atoms with van der Waals surface area (Å²) >= 11 is 0. The minimum absolute atomic E-state index is 0.334. The predicted molar refractivity (Wildman–Crippen MR) is 85.2 cm³/mol. The van der Waals surface area contributed by atoms with E-state index >= 15 is 0 Å². The molecule has 0 aliphatic heterocycles. The number of methoxy groups -OCH3 is 1. The molecular formula is C16H23O4P. The third-order valence-electron chi connectivity index (χ3n) is 3.30. The number of hydrogen-bond donors (Lipinski definition) is 0. The van der Waals surface area contributed by atoms with Crippen LogP contribution in [0.2, 0.25) is 0 Å². The lowest BCUT2D eigenvalue weighted by Crippen LogP contribution is -2.14. The molecule has 1 aromatic carbocycles. The first-order valence-electron chi connectivity index (χ1n) is 7.39. The van der Waals surface area contributed by atoms with Gasteiger partial charge in [0.05, 0.1) is 25.6 Å². The predicted octanol–water partition coefficient (Wildman–Crippen LogP) is 4.01. The van der Waals surface area contributed by atoms with Crippen LogP contribution in [0.3, 0.4) is 0 Å². The summed E-state index contributed by atoms with van der Waals surface area (Å²) in [5, 5.41) is 0.572. The van der Waals surface area contributed by atoms with Gasteiger partial charge in [-0.15, -0.1) is 0 Å². The molecule has 0 aromatic heterocycles. The van der Waals surface area contributed by atoms with Crippen molar-refractivity contribution in [2.24, 2.45) is 5.92 Å². The highest BCUT2D eigenvalue weighted by molar-refractivity contribution is 7.62. The van der Waals surface area contributed by atoms with E-state index in [4.69, 9.17) is 13.8 Å². The molecule has 1 aliphatic rings. The van der Waals surface area contributed by atoms with E-state index in [1.54, 1.807) is 13.2 Å². The molecule has 0 heterocycles. The smallest absolute Gasteiger partial charge is 0.362 e. The summed E-state index contributed by atoms with van der Waals surface area (Å²) in [5.41, 5.74) is 0.868. The van der Waals surface area contributed by atoms with E-state index in [0.717, 1.165) is 5.56 Å². The summed E-state index contributed by atoms with van der Waals surface area (Å²) in [6.07, 6.45) is 6.64. The first kappa shape index (κ1) is 16.3. The topological polar surface area (TPSA) is 44.8 Å². The van der Waals surface area contributed by atoms with Gasteiger partial charge in [-0.25, -0.2) is 0 Å². The van der Waals surface area contributed by atoms with Crippen LogP contribution in [-0.4, -0.2) is 20.3 Å². The van der Waals surface area contributed by atoms with Crippen LogP contribution in [0.15, 0.2) is 24.3 Å². The molecule has 0 unspecified atom stereocenters. The molecule has 2 rings (SSSR count). The standard InChI is InChI=1S/C16H23O4P/c1-4-19-21(17,20-5-2)16-12-15(18-3)11-10-14(16)9-8-13-6-7-13/h8-13H,4-7H2,1-3H3/b9-8+. The summed E-state index contributed by atoms with van der Waals surface area (Å²) < 4.78 is 29.2. The zero-order valence-electron chi connectivity index (χ0n) is 12.9. The van der Waals surface area contributed by atoms with E-state index in [-0.39, 0.29) is 0 Å². The molecule has 0 amide bonds. The van der Waals surface area contributed by atoms with Crippen LogP contribution in [0.1, 0.15) is 32.3 Å². The molecule has 21 heavy (non-hydrogen) atoms. The molecule has 0 atom stereocenters. The minimum Gasteiger partial charge on any atom is -0.497 e. The minimum atomic E-state index is -3.32. The zero-order valence-corrected chi connectivity index (χ0v) is 13.8. The van der Waals surface area contributed by atoms with E-state index in [0.29, 0.717) is 30.2 Å². The van der Waals surface area contributed by atoms with Gasteiger partial charge < -0.3 is 13.8 Å². The largest absolute Gasteiger partial charge is 0.497 e. The maximum absolute atomic E-state index is 13.0. The Balaban J connectivity index is 2.42. The number of allylic oxidation sites excluding steroid dienone is 1. The highest BCUT2D eigenvalue weighted by atomic mass is 31.2. The lowest BCUT2D eigenvalue weighted by atomic mass is 10.2. The molecule has 0 saturated heterocycles. The van der Waals surface area contributed by atoms with Gasteiger partial charge in [-0.1, -0.05) is 18.2 Å². The van der Waals surface area contributed by atoms with Crippen LogP contribution in [0.5, 0.6) is 5.75 Å². The molecule has 116 valence electrons. The molecular weight excluding hydrogens is 287 g/mol. The van der Waals surface area contributed by atoms with Crippen LogP contribution >= 0.6 is 7.60 Å². The van der Waals surface area contributed by atoms with Gasteiger partial charge in [-0.2, -0.15) is 0 Å². The SMILES string of the molecule is CCOP(=O)(OCC)c1cc(OC)ccc1/C=C/C1CC1. The van der Waals surface area contributed by atoms with E-state index in [1.807, 2.05) is 32.1 Å². The molecule has 1 aromatic rings. The van der Waals surface area contributed by atoms with Crippen LogP contribution in [-0.2, 0) is 13.6 Å². The van der Waals surface area contributed by atoms with Crippen molar-refractivity contribution >= 4 is 19.0 Å². The Hall–Kier alpha value is -1.09. The third-order valence-corrected chi connectivity index (χ3v) is 5.47. The number of rotatable bonds is 8. The van der Waals surface area contributed by atoms with Gasteiger partial charge >= 0.3 is 7.60 Å². The van der Waals surface area contributed by atoms with E-state index < -0.39 is 7.60 Å². The maximum Gasteiger partial charge on any atom is 0.362 e. The molecule has 0 radical (unpaired) electrons. The van der Waals surface area contributed by atoms with Crippen LogP contribution in [0.4, 0.5) is 0 Å². The average Bonchev–Trinajstić information content (AvgIpc) is 3.29. The second-order valence-corrected chi connectivity index (χ2v) is 6.95. The third kappa shape index (κ3) is 4.19. The van der Waals surface area contributed by atoms with Gasteiger partial charge in [0.25, 0.3) is 0 Å². The van der Waals surface area contributed by atoms with Gasteiger partial charge in [-0.05, 0) is 50.3 Å². The maximum atomic E-state index is 13.0. The van der Waals surface area contributed by atoms with Crippen molar-refractivity contribution in [3.63, 3.8) is 0 Å². The van der Waals surface area contributed by atoms with Crippen molar-refractivity contribution in [1.29, 1.82) is 0 Å². The summed E-state index contributed by atoms with van der Waals surface area (Å²) in [6.45, 7) is 4.29. The molecule has 5 heteroatoms. The van der Waals surface area contributed by atoms with Gasteiger partial charge in [0, 0.05) is 0 Å². The van der Waals surface area contributed by atoms with Gasteiger partial charge in [0.1, 0.15) is 5.75 Å². The van der Waals surface area contributed by atoms with Crippen molar-refractivity contribution in [2.45, 2.75) is 26.7 Å². The quantitative estimate of drug-likeness (QED) is 0.681. The van der Waals surface area contributed by atoms with Gasteiger partial charge in [-0.3, -0.25) is 4.57 Å². The van der Waals surface area contributed by atoms with Crippen LogP contribution in [0, 0.1) is 5.92 Å². The molecule has 0 spiro atoms. The Morgan fingerprint density at radius 3 is 2.43 bits per heavy atom. The Kier molecular flexibility index (Phi) is 5.63. The molecule has 1 aliphatic carbocycles. The zero-order chi connectivity index (χ0) is 15.3. The molecule has 4 nitrogen and oxygen atoms in total. The van der Waals surface area contributed by atoms with Crippen LogP contribution in [0.25, 0.3) is 6.08 Å². The van der Waals surface area contributed by atoms with E-state index in [9.17, 15) is 4.57 Å².